The van der Waals surface area contributed by atoms with Crippen LogP contribution in [-0.2, 0) is 0 Å². The molecular weight excluding hydrogens is 196 g/mol. The third-order valence-corrected chi connectivity index (χ3v) is 4.53. The first-order chi connectivity index (χ1) is 7.77. The minimum Gasteiger partial charge on any atom is -0.314 e. The van der Waals surface area contributed by atoms with Crippen molar-refractivity contribution in [2.45, 2.75) is 64.5 Å². The van der Waals surface area contributed by atoms with Gasteiger partial charge in [0, 0.05) is 25.2 Å². The van der Waals surface area contributed by atoms with Gasteiger partial charge in [-0.05, 0) is 32.7 Å². The van der Waals surface area contributed by atoms with Crippen molar-refractivity contribution in [3.63, 3.8) is 0 Å². The molecule has 0 unspecified atom stereocenters. The minimum atomic E-state index is 0.729. The van der Waals surface area contributed by atoms with Gasteiger partial charge in [0.1, 0.15) is 0 Å². The van der Waals surface area contributed by atoms with Gasteiger partial charge < -0.3 is 5.32 Å². The van der Waals surface area contributed by atoms with Gasteiger partial charge >= 0.3 is 0 Å². The molecule has 1 aliphatic carbocycles. The maximum atomic E-state index is 3.51. The SMILES string of the molecule is C[C@@H]1CNC[C@H](C)N1CCC1CCCCC1. The highest BCUT2D eigenvalue weighted by Gasteiger charge is 2.25. The molecule has 2 nitrogen and oxygen atoms in total. The summed E-state index contributed by atoms with van der Waals surface area (Å²) in [6.07, 6.45) is 8.88. The highest BCUT2D eigenvalue weighted by molar-refractivity contribution is 4.83. The Balaban J connectivity index is 1.74. The fraction of sp³-hybridized carbons (Fsp3) is 1.00. The number of hydrogen-bond acceptors (Lipinski definition) is 2. The largest absolute Gasteiger partial charge is 0.314 e. The molecule has 0 spiro atoms. The van der Waals surface area contributed by atoms with Gasteiger partial charge in [0.15, 0.2) is 0 Å². The summed E-state index contributed by atoms with van der Waals surface area (Å²) in [4.78, 5) is 2.71. The van der Waals surface area contributed by atoms with E-state index in [9.17, 15) is 0 Å². The van der Waals surface area contributed by atoms with E-state index in [1.807, 2.05) is 0 Å². The number of piperazine rings is 1. The summed E-state index contributed by atoms with van der Waals surface area (Å²) in [6, 6.07) is 1.46. The van der Waals surface area contributed by atoms with E-state index in [0.717, 1.165) is 18.0 Å². The van der Waals surface area contributed by atoms with Gasteiger partial charge in [-0.3, -0.25) is 4.90 Å². The molecule has 0 aromatic heterocycles. The Kier molecular flexibility index (Phi) is 4.66. The van der Waals surface area contributed by atoms with Crippen LogP contribution in [0.25, 0.3) is 0 Å². The molecule has 94 valence electrons. The lowest BCUT2D eigenvalue weighted by Crippen LogP contribution is -2.55. The Bertz CT molecular complexity index is 189. The summed E-state index contributed by atoms with van der Waals surface area (Å²) in [5.41, 5.74) is 0. The monoisotopic (exact) mass is 224 g/mol. The predicted molar refractivity (Wildman–Crippen MR) is 69.7 cm³/mol. The van der Waals surface area contributed by atoms with Crippen LogP contribution in [0.3, 0.4) is 0 Å². The van der Waals surface area contributed by atoms with Crippen LogP contribution in [-0.4, -0.2) is 36.6 Å². The average molecular weight is 224 g/mol. The number of nitrogens with zero attached hydrogens (tertiary/aromatic N) is 1. The van der Waals surface area contributed by atoms with E-state index >= 15 is 0 Å². The molecule has 2 fully saturated rings. The summed E-state index contributed by atoms with van der Waals surface area (Å²) >= 11 is 0. The van der Waals surface area contributed by atoms with Crippen molar-refractivity contribution in [2.75, 3.05) is 19.6 Å². The molecule has 1 aliphatic heterocycles. The van der Waals surface area contributed by atoms with Gasteiger partial charge in [0.2, 0.25) is 0 Å². The van der Waals surface area contributed by atoms with Crippen LogP contribution < -0.4 is 5.32 Å². The normalized spacial score (nSPS) is 34.1. The van der Waals surface area contributed by atoms with Gasteiger partial charge in [-0.2, -0.15) is 0 Å². The van der Waals surface area contributed by atoms with Crippen LogP contribution in [0.4, 0.5) is 0 Å². The van der Waals surface area contributed by atoms with E-state index in [-0.39, 0.29) is 0 Å². The summed E-state index contributed by atoms with van der Waals surface area (Å²) in [7, 11) is 0. The van der Waals surface area contributed by atoms with Crippen molar-refractivity contribution in [1.82, 2.24) is 10.2 Å². The van der Waals surface area contributed by atoms with Crippen LogP contribution in [0.2, 0.25) is 0 Å². The molecule has 1 saturated heterocycles. The molecule has 1 saturated carbocycles. The predicted octanol–water partition coefficient (Wildman–Crippen LogP) is 2.64. The maximum Gasteiger partial charge on any atom is 0.0195 e. The van der Waals surface area contributed by atoms with Gasteiger partial charge in [-0.1, -0.05) is 32.1 Å². The Labute approximate surface area is 101 Å². The molecule has 0 aromatic rings. The van der Waals surface area contributed by atoms with E-state index < -0.39 is 0 Å². The van der Waals surface area contributed by atoms with E-state index in [1.165, 1.54) is 58.2 Å². The molecule has 2 rings (SSSR count). The van der Waals surface area contributed by atoms with Crippen molar-refractivity contribution in [3.05, 3.63) is 0 Å². The first-order valence-electron chi connectivity index (χ1n) is 7.24. The molecule has 2 atom stereocenters. The van der Waals surface area contributed by atoms with Crippen LogP contribution in [0.5, 0.6) is 0 Å². The molecule has 0 radical (unpaired) electrons. The molecule has 0 bridgehead atoms. The van der Waals surface area contributed by atoms with Crippen LogP contribution in [0.1, 0.15) is 52.4 Å². The first kappa shape index (κ1) is 12.4. The standard InChI is InChI=1S/C14H28N2/c1-12-10-15-11-13(2)16(12)9-8-14-6-4-3-5-7-14/h12-15H,3-11H2,1-2H3/t12-,13+. The lowest BCUT2D eigenvalue weighted by Gasteiger charge is -2.40. The summed E-state index contributed by atoms with van der Waals surface area (Å²) in [5, 5.41) is 3.51. The van der Waals surface area contributed by atoms with Gasteiger partial charge in [0.25, 0.3) is 0 Å². The molecule has 2 heteroatoms. The van der Waals surface area contributed by atoms with Gasteiger partial charge in [0.05, 0.1) is 0 Å². The number of hydrogen-bond donors (Lipinski definition) is 1. The Hall–Kier alpha value is -0.0800. The summed E-state index contributed by atoms with van der Waals surface area (Å²) in [6.45, 7) is 8.41. The van der Waals surface area contributed by atoms with Crippen LogP contribution >= 0.6 is 0 Å². The zero-order chi connectivity index (χ0) is 11.4. The third-order valence-electron chi connectivity index (χ3n) is 4.53. The Morgan fingerprint density at radius 1 is 1.00 bits per heavy atom. The van der Waals surface area contributed by atoms with Crippen molar-refractivity contribution >= 4 is 0 Å². The number of nitrogens with one attached hydrogen (secondary N) is 1. The molecular formula is C14H28N2. The van der Waals surface area contributed by atoms with Crippen molar-refractivity contribution in [3.8, 4) is 0 Å². The topological polar surface area (TPSA) is 15.3 Å². The second-order valence-electron chi connectivity index (χ2n) is 5.89. The average Bonchev–Trinajstić information content (AvgIpc) is 2.30. The molecule has 0 amide bonds. The highest BCUT2D eigenvalue weighted by atomic mass is 15.2. The molecule has 0 aromatic carbocycles. The van der Waals surface area contributed by atoms with Crippen molar-refractivity contribution < 1.29 is 0 Å². The van der Waals surface area contributed by atoms with Crippen molar-refractivity contribution in [2.24, 2.45) is 5.92 Å². The molecule has 2 aliphatic rings. The molecule has 1 heterocycles. The zero-order valence-corrected chi connectivity index (χ0v) is 11.0. The lowest BCUT2D eigenvalue weighted by molar-refractivity contribution is 0.105. The smallest absolute Gasteiger partial charge is 0.0195 e. The maximum absolute atomic E-state index is 3.51. The van der Waals surface area contributed by atoms with Crippen molar-refractivity contribution in [1.29, 1.82) is 0 Å². The summed E-state index contributed by atoms with van der Waals surface area (Å²) < 4.78 is 0. The van der Waals surface area contributed by atoms with E-state index in [2.05, 4.69) is 24.1 Å². The van der Waals surface area contributed by atoms with Crippen LogP contribution in [0.15, 0.2) is 0 Å². The van der Waals surface area contributed by atoms with E-state index in [4.69, 9.17) is 0 Å². The summed E-state index contributed by atoms with van der Waals surface area (Å²) in [5.74, 6) is 1.03. The fourth-order valence-electron chi connectivity index (χ4n) is 3.42. The van der Waals surface area contributed by atoms with Gasteiger partial charge in [-0.25, -0.2) is 0 Å². The zero-order valence-electron chi connectivity index (χ0n) is 11.0. The second-order valence-corrected chi connectivity index (χ2v) is 5.89. The molecule has 1 N–H and O–H groups in total. The van der Waals surface area contributed by atoms with Gasteiger partial charge in [-0.15, -0.1) is 0 Å². The second kappa shape index (κ2) is 6.02. The Morgan fingerprint density at radius 2 is 1.62 bits per heavy atom. The highest BCUT2D eigenvalue weighted by Crippen LogP contribution is 2.27. The van der Waals surface area contributed by atoms with E-state index in [1.54, 1.807) is 0 Å². The fourth-order valence-corrected chi connectivity index (χ4v) is 3.42. The first-order valence-corrected chi connectivity index (χ1v) is 7.24. The van der Waals surface area contributed by atoms with E-state index in [0.29, 0.717) is 0 Å². The van der Waals surface area contributed by atoms with Crippen LogP contribution in [0, 0.1) is 5.92 Å². The minimum absolute atomic E-state index is 0.729. The molecule has 16 heavy (non-hydrogen) atoms. The Morgan fingerprint density at radius 3 is 2.25 bits per heavy atom. The third kappa shape index (κ3) is 3.21. The number of rotatable bonds is 3. The lowest BCUT2D eigenvalue weighted by atomic mass is 9.86. The quantitative estimate of drug-likeness (QED) is 0.793.